The molecule has 0 aliphatic carbocycles. The molecule has 0 aromatic carbocycles. The molecule has 0 radical (unpaired) electrons. The van der Waals surface area contributed by atoms with Gasteiger partial charge in [0.15, 0.2) is 24.8 Å². The third kappa shape index (κ3) is 8.12. The van der Waals surface area contributed by atoms with Gasteiger partial charge in [0.05, 0.1) is 0 Å². The van der Waals surface area contributed by atoms with Crippen molar-refractivity contribution < 1.29 is 9.13 Å². The Balaban J connectivity index is 1.54. The molecule has 26 heavy (non-hydrogen) atoms. The molecule has 142 valence electrons. The Labute approximate surface area is 160 Å². The SMILES string of the molecule is CCCCCCCCCCCCC[n+]1ccc(-c2cc[n+](C)cc2)cc1. The van der Waals surface area contributed by atoms with Crippen LogP contribution in [0.15, 0.2) is 49.1 Å². The van der Waals surface area contributed by atoms with E-state index in [2.05, 4.69) is 72.2 Å². The van der Waals surface area contributed by atoms with Crippen molar-refractivity contribution in [2.24, 2.45) is 7.05 Å². The molecule has 0 saturated heterocycles. The fraction of sp³-hybridized carbons (Fsp3) is 0.583. The van der Waals surface area contributed by atoms with Gasteiger partial charge in [0, 0.05) is 30.7 Å². The summed E-state index contributed by atoms with van der Waals surface area (Å²) in [6.07, 6.45) is 24.1. The van der Waals surface area contributed by atoms with E-state index in [1.165, 1.54) is 81.8 Å². The first-order chi connectivity index (χ1) is 12.8. The maximum Gasteiger partial charge on any atom is 0.169 e. The summed E-state index contributed by atoms with van der Waals surface area (Å²) in [4.78, 5) is 0. The topological polar surface area (TPSA) is 7.76 Å². The molecule has 0 aliphatic rings. The van der Waals surface area contributed by atoms with E-state index < -0.39 is 0 Å². The second kappa shape index (κ2) is 12.6. The number of aryl methyl sites for hydroxylation is 2. The van der Waals surface area contributed by atoms with Crippen molar-refractivity contribution in [2.45, 2.75) is 84.1 Å². The zero-order chi connectivity index (χ0) is 18.5. The summed E-state index contributed by atoms with van der Waals surface area (Å²) < 4.78 is 4.39. The zero-order valence-electron chi connectivity index (χ0n) is 17.0. The van der Waals surface area contributed by atoms with Crippen LogP contribution in [-0.2, 0) is 13.6 Å². The van der Waals surface area contributed by atoms with Crippen molar-refractivity contribution >= 4 is 0 Å². The van der Waals surface area contributed by atoms with Crippen LogP contribution in [-0.4, -0.2) is 0 Å². The van der Waals surface area contributed by atoms with Crippen LogP contribution in [0.3, 0.4) is 0 Å². The van der Waals surface area contributed by atoms with Crippen LogP contribution in [0.5, 0.6) is 0 Å². The van der Waals surface area contributed by atoms with Crippen LogP contribution >= 0.6 is 0 Å². The van der Waals surface area contributed by atoms with Crippen LogP contribution in [0.2, 0.25) is 0 Å². The van der Waals surface area contributed by atoms with E-state index in [9.17, 15) is 0 Å². The molecule has 0 unspecified atom stereocenters. The van der Waals surface area contributed by atoms with Gasteiger partial charge in [0.1, 0.15) is 13.6 Å². The molecule has 2 heterocycles. The summed E-state index contributed by atoms with van der Waals surface area (Å²) in [5.41, 5.74) is 2.57. The predicted molar refractivity (Wildman–Crippen MR) is 110 cm³/mol. The Kier molecular flexibility index (Phi) is 10.0. The van der Waals surface area contributed by atoms with Crippen LogP contribution in [0.25, 0.3) is 11.1 Å². The molecule has 0 amide bonds. The molecule has 0 N–H and O–H groups in total. The molecule has 2 heteroatoms. The van der Waals surface area contributed by atoms with E-state index in [1.807, 2.05) is 0 Å². The molecule has 2 aromatic heterocycles. The van der Waals surface area contributed by atoms with Crippen molar-refractivity contribution in [1.29, 1.82) is 0 Å². The van der Waals surface area contributed by atoms with E-state index in [1.54, 1.807) is 0 Å². The lowest BCUT2D eigenvalue weighted by Crippen LogP contribution is -2.32. The van der Waals surface area contributed by atoms with E-state index in [4.69, 9.17) is 0 Å². The highest BCUT2D eigenvalue weighted by Crippen LogP contribution is 2.15. The smallest absolute Gasteiger partial charge is 0.169 e. The maximum atomic E-state index is 2.32. The fourth-order valence-electron chi connectivity index (χ4n) is 3.45. The number of rotatable bonds is 13. The van der Waals surface area contributed by atoms with Gasteiger partial charge in [-0.05, 0) is 17.5 Å². The maximum absolute atomic E-state index is 2.32. The normalized spacial score (nSPS) is 11.0. The quantitative estimate of drug-likeness (QED) is 0.318. The first-order valence-corrected chi connectivity index (χ1v) is 10.7. The highest BCUT2D eigenvalue weighted by Gasteiger charge is 2.04. The van der Waals surface area contributed by atoms with Gasteiger partial charge >= 0.3 is 0 Å². The molecule has 2 nitrogen and oxygen atoms in total. The number of hydrogen-bond acceptors (Lipinski definition) is 0. The van der Waals surface area contributed by atoms with Crippen LogP contribution in [0, 0.1) is 0 Å². The number of aromatic nitrogens is 2. The highest BCUT2D eigenvalue weighted by molar-refractivity contribution is 5.60. The van der Waals surface area contributed by atoms with Crippen molar-refractivity contribution in [3.8, 4) is 11.1 Å². The first-order valence-electron chi connectivity index (χ1n) is 10.7. The highest BCUT2D eigenvalue weighted by atomic mass is 14.9. The Morgan fingerprint density at radius 1 is 0.577 bits per heavy atom. The van der Waals surface area contributed by atoms with Crippen molar-refractivity contribution in [1.82, 2.24) is 0 Å². The predicted octanol–water partition coefficient (Wildman–Crippen LogP) is 5.78. The average molecular weight is 355 g/mol. The Bertz CT molecular complexity index is 587. The van der Waals surface area contributed by atoms with Crippen LogP contribution in [0.4, 0.5) is 0 Å². The van der Waals surface area contributed by atoms with Gasteiger partial charge in [0.25, 0.3) is 0 Å². The van der Waals surface area contributed by atoms with Crippen molar-refractivity contribution in [2.75, 3.05) is 0 Å². The Morgan fingerprint density at radius 3 is 1.50 bits per heavy atom. The first kappa shape index (κ1) is 20.6. The summed E-state index contributed by atoms with van der Waals surface area (Å²) in [6.45, 7) is 3.43. The van der Waals surface area contributed by atoms with Crippen molar-refractivity contribution in [3.63, 3.8) is 0 Å². The van der Waals surface area contributed by atoms with E-state index in [-0.39, 0.29) is 0 Å². The summed E-state index contributed by atoms with van der Waals surface area (Å²) in [6, 6.07) is 8.80. The third-order valence-corrected chi connectivity index (χ3v) is 5.22. The van der Waals surface area contributed by atoms with Crippen molar-refractivity contribution in [3.05, 3.63) is 49.1 Å². The minimum absolute atomic E-state index is 1.14. The lowest BCUT2D eigenvalue weighted by atomic mass is 10.1. The van der Waals surface area contributed by atoms with Gasteiger partial charge in [-0.15, -0.1) is 0 Å². The standard InChI is InChI=1S/C24H38N2/c1-3-4-5-6-7-8-9-10-11-12-13-18-26-21-16-24(17-22-26)23-14-19-25(2)20-15-23/h14-17,19-22H,3-13,18H2,1-2H3/q+2. The minimum atomic E-state index is 1.14. The van der Waals surface area contributed by atoms with Gasteiger partial charge < -0.3 is 0 Å². The summed E-state index contributed by atoms with van der Waals surface area (Å²) in [5.74, 6) is 0. The average Bonchev–Trinajstić information content (AvgIpc) is 2.67. The fourth-order valence-corrected chi connectivity index (χ4v) is 3.45. The van der Waals surface area contributed by atoms with E-state index in [0.717, 1.165) is 6.54 Å². The molecule has 0 saturated carbocycles. The number of nitrogens with zero attached hydrogens (tertiary/aromatic N) is 2. The molecule has 2 aromatic rings. The lowest BCUT2D eigenvalue weighted by molar-refractivity contribution is -0.697. The summed E-state index contributed by atoms with van der Waals surface area (Å²) in [5, 5.41) is 0. The van der Waals surface area contributed by atoms with Crippen LogP contribution < -0.4 is 9.13 Å². The lowest BCUT2D eigenvalue weighted by Gasteiger charge is -2.02. The molecule has 0 fully saturated rings. The Morgan fingerprint density at radius 2 is 1.00 bits per heavy atom. The molecule has 0 bridgehead atoms. The number of pyridine rings is 2. The van der Waals surface area contributed by atoms with E-state index >= 15 is 0 Å². The van der Waals surface area contributed by atoms with Gasteiger partial charge in [-0.3, -0.25) is 0 Å². The molecular weight excluding hydrogens is 316 g/mol. The molecule has 0 spiro atoms. The van der Waals surface area contributed by atoms with E-state index in [0.29, 0.717) is 0 Å². The van der Waals surface area contributed by atoms with Gasteiger partial charge in [-0.2, -0.15) is 0 Å². The zero-order valence-corrected chi connectivity index (χ0v) is 17.0. The molecule has 0 atom stereocenters. The Hall–Kier alpha value is -1.70. The number of hydrogen-bond donors (Lipinski definition) is 0. The number of unbranched alkanes of at least 4 members (excludes halogenated alkanes) is 10. The second-order valence-electron chi connectivity index (χ2n) is 7.61. The summed E-state index contributed by atoms with van der Waals surface area (Å²) in [7, 11) is 2.05. The second-order valence-corrected chi connectivity index (χ2v) is 7.61. The largest absolute Gasteiger partial charge is 0.208 e. The van der Waals surface area contributed by atoms with Gasteiger partial charge in [0.2, 0.25) is 0 Å². The van der Waals surface area contributed by atoms with Gasteiger partial charge in [-0.25, -0.2) is 9.13 Å². The molecular formula is C24H38N2+2. The van der Waals surface area contributed by atoms with Crippen LogP contribution in [0.1, 0.15) is 77.6 Å². The minimum Gasteiger partial charge on any atom is -0.208 e. The molecule has 0 aliphatic heterocycles. The third-order valence-electron chi connectivity index (χ3n) is 5.22. The molecule has 2 rings (SSSR count). The monoisotopic (exact) mass is 354 g/mol. The van der Waals surface area contributed by atoms with Gasteiger partial charge in [-0.1, -0.05) is 64.7 Å². The summed E-state index contributed by atoms with van der Waals surface area (Å²) >= 11 is 0.